The number of carbonyl (C=O) groups excluding carboxylic acids is 4. The molecule has 0 bridgehead atoms. The molecule has 4 N–H and O–H groups in total. The topological polar surface area (TPSA) is 169 Å². The van der Waals surface area contributed by atoms with Gasteiger partial charge in [-0.3, -0.25) is 19.7 Å². The molecule has 208 valence electrons. The van der Waals surface area contributed by atoms with E-state index in [1.54, 1.807) is 30.4 Å². The predicted molar refractivity (Wildman–Crippen MR) is 146 cm³/mol. The van der Waals surface area contributed by atoms with Gasteiger partial charge < -0.3 is 20.7 Å². The van der Waals surface area contributed by atoms with Gasteiger partial charge in [-0.15, -0.1) is 5.10 Å². The van der Waals surface area contributed by atoms with Crippen LogP contribution in [0.5, 0.6) is 0 Å². The molecule has 14 heteroatoms. The minimum Gasteiger partial charge on any atom is -0.453 e. The van der Waals surface area contributed by atoms with Gasteiger partial charge in [-0.05, 0) is 71.7 Å². The molecule has 0 saturated carbocycles. The molecule has 2 aromatic carbocycles. The molecule has 3 aromatic rings. The zero-order valence-corrected chi connectivity index (χ0v) is 22.3. The van der Waals surface area contributed by atoms with Crippen LogP contribution in [0, 0.1) is 0 Å². The second-order valence-corrected chi connectivity index (χ2v) is 9.20. The van der Waals surface area contributed by atoms with Crippen molar-refractivity contribution in [3.8, 4) is 5.69 Å². The molecule has 1 aromatic heterocycles. The number of rotatable bonds is 6. The molecule has 0 aliphatic carbocycles. The first-order chi connectivity index (χ1) is 19.3. The van der Waals surface area contributed by atoms with E-state index in [9.17, 15) is 19.2 Å². The van der Waals surface area contributed by atoms with Crippen LogP contribution < -0.4 is 21.3 Å². The van der Waals surface area contributed by atoms with E-state index < -0.39 is 18.0 Å². The highest BCUT2D eigenvalue weighted by Gasteiger charge is 2.23. The van der Waals surface area contributed by atoms with Gasteiger partial charge in [0.05, 0.1) is 24.0 Å². The van der Waals surface area contributed by atoms with Crippen molar-refractivity contribution < 1.29 is 23.9 Å². The lowest BCUT2D eigenvalue weighted by Gasteiger charge is -2.20. The van der Waals surface area contributed by atoms with Crippen LogP contribution >= 0.6 is 11.6 Å². The number of methoxy groups -OCH3 is 1. The summed E-state index contributed by atoms with van der Waals surface area (Å²) >= 11 is 6.18. The fraction of sp³-hybridized carbons (Fsp3) is 0.269. The van der Waals surface area contributed by atoms with E-state index in [0.29, 0.717) is 23.6 Å². The minimum absolute atomic E-state index is 0.135. The molecule has 4 amide bonds. The monoisotopic (exact) mass is 566 g/mol. The molecule has 40 heavy (non-hydrogen) atoms. The molecule has 2 heterocycles. The number of tetrazole rings is 1. The van der Waals surface area contributed by atoms with E-state index in [0.717, 1.165) is 11.3 Å². The van der Waals surface area contributed by atoms with Crippen molar-refractivity contribution >= 4 is 46.8 Å². The Kier molecular flexibility index (Phi) is 9.41. The molecule has 0 radical (unpaired) electrons. The summed E-state index contributed by atoms with van der Waals surface area (Å²) in [6, 6.07) is 8.81. The summed E-state index contributed by atoms with van der Waals surface area (Å²) in [6.07, 6.45) is 5.59. The fourth-order valence-electron chi connectivity index (χ4n) is 4.03. The summed E-state index contributed by atoms with van der Waals surface area (Å²) in [7, 11) is 1.22. The summed E-state index contributed by atoms with van der Waals surface area (Å²) in [5.74, 6) is -1.24. The number of benzene rings is 2. The normalized spacial score (nSPS) is 15.5. The molecule has 0 saturated heterocycles. The van der Waals surface area contributed by atoms with E-state index >= 15 is 0 Å². The maximum Gasteiger partial charge on any atom is 0.411 e. The Bertz CT molecular complexity index is 1430. The third-order valence-electron chi connectivity index (χ3n) is 6.00. The third-order valence-corrected chi connectivity index (χ3v) is 6.23. The number of halogens is 1. The number of hydrogen-bond acceptors (Lipinski definition) is 8. The molecule has 1 aliphatic heterocycles. The lowest BCUT2D eigenvalue weighted by atomic mass is 10.1. The Balaban J connectivity index is 1.48. The number of aromatic nitrogens is 4. The number of amides is 4. The fourth-order valence-corrected chi connectivity index (χ4v) is 4.22. The van der Waals surface area contributed by atoms with Gasteiger partial charge in [-0.1, -0.05) is 23.8 Å². The standard InChI is InChI=1S/C26H27ClN8O5/c1-40-26(39)30-18-8-9-19-21(14-18)31-23(36)6-4-2-3-5-20(32-24(19)37)25(38)28-12-11-16-13-17(27)7-10-22(16)35-15-29-33-34-35/h2-3,7-10,13-15,20H,4-6,11-12H2,1H3,(H,28,38)(H,30,39)(H,31,36)(H,32,37). The first kappa shape index (κ1) is 28.2. The number of allylic oxidation sites excluding steroid dienone is 1. The van der Waals surface area contributed by atoms with Gasteiger partial charge in [0, 0.05) is 23.7 Å². The van der Waals surface area contributed by atoms with Crippen LogP contribution in [0.15, 0.2) is 54.9 Å². The SMILES string of the molecule is COC(=O)Nc1ccc2c(c1)NC(=O)CCC=CCC(C(=O)NCCc1cc(Cl)ccc1-n1cnnn1)NC2=O. The zero-order chi connectivity index (χ0) is 28.5. The highest BCUT2D eigenvalue weighted by atomic mass is 35.5. The molecule has 1 aliphatic rings. The van der Waals surface area contributed by atoms with Crippen molar-refractivity contribution in [1.29, 1.82) is 0 Å². The molecule has 0 spiro atoms. The minimum atomic E-state index is -0.877. The maximum absolute atomic E-state index is 13.2. The van der Waals surface area contributed by atoms with Crippen molar-refractivity contribution in [2.24, 2.45) is 0 Å². The van der Waals surface area contributed by atoms with Gasteiger partial charge >= 0.3 is 6.09 Å². The molecular weight excluding hydrogens is 540 g/mol. The smallest absolute Gasteiger partial charge is 0.411 e. The van der Waals surface area contributed by atoms with E-state index in [-0.39, 0.29) is 42.5 Å². The summed E-state index contributed by atoms with van der Waals surface area (Å²) in [6.45, 7) is 0.263. The Hall–Kier alpha value is -4.78. The van der Waals surface area contributed by atoms with Crippen molar-refractivity contribution in [2.75, 3.05) is 24.3 Å². The molecule has 13 nitrogen and oxygen atoms in total. The summed E-state index contributed by atoms with van der Waals surface area (Å²) < 4.78 is 6.11. The van der Waals surface area contributed by atoms with E-state index in [1.807, 2.05) is 0 Å². The number of fused-ring (bicyclic) bond motifs is 1. The van der Waals surface area contributed by atoms with E-state index in [2.05, 4.69) is 41.5 Å². The van der Waals surface area contributed by atoms with E-state index in [1.165, 1.54) is 36.3 Å². The van der Waals surface area contributed by atoms with Crippen LogP contribution in [-0.2, 0) is 20.7 Å². The van der Waals surface area contributed by atoms with Crippen LogP contribution in [-0.4, -0.2) is 63.7 Å². The Morgan fingerprint density at radius 3 is 2.80 bits per heavy atom. The number of nitrogens with one attached hydrogen (secondary N) is 4. The van der Waals surface area contributed by atoms with Crippen LogP contribution in [0.2, 0.25) is 5.02 Å². The van der Waals surface area contributed by atoms with Crippen LogP contribution in [0.3, 0.4) is 0 Å². The molecular formula is C26H27ClN8O5. The van der Waals surface area contributed by atoms with Gasteiger partial charge in [0.25, 0.3) is 5.91 Å². The van der Waals surface area contributed by atoms with Crippen molar-refractivity contribution in [3.63, 3.8) is 0 Å². The lowest BCUT2D eigenvalue weighted by Crippen LogP contribution is -2.47. The Labute approximate surface area is 234 Å². The van der Waals surface area contributed by atoms with E-state index in [4.69, 9.17) is 11.6 Å². The van der Waals surface area contributed by atoms with Gasteiger partial charge in [-0.2, -0.15) is 0 Å². The second-order valence-electron chi connectivity index (χ2n) is 8.77. The van der Waals surface area contributed by atoms with Crippen molar-refractivity contribution in [1.82, 2.24) is 30.8 Å². The molecule has 4 rings (SSSR count). The predicted octanol–water partition coefficient (Wildman–Crippen LogP) is 2.63. The van der Waals surface area contributed by atoms with Crippen molar-refractivity contribution in [2.45, 2.75) is 31.7 Å². The van der Waals surface area contributed by atoms with Crippen LogP contribution in [0.1, 0.15) is 35.2 Å². The van der Waals surface area contributed by atoms with Crippen molar-refractivity contribution in [3.05, 3.63) is 71.0 Å². The summed E-state index contributed by atoms with van der Waals surface area (Å²) in [5, 5.41) is 22.6. The average molecular weight is 567 g/mol. The van der Waals surface area contributed by atoms with Gasteiger partial charge in [-0.25, -0.2) is 9.48 Å². The maximum atomic E-state index is 13.2. The largest absolute Gasteiger partial charge is 0.453 e. The third kappa shape index (κ3) is 7.41. The van der Waals surface area contributed by atoms with Gasteiger partial charge in [0.15, 0.2) is 0 Å². The first-order valence-corrected chi connectivity index (χ1v) is 12.8. The zero-order valence-electron chi connectivity index (χ0n) is 21.5. The second kappa shape index (κ2) is 13.3. The lowest BCUT2D eigenvalue weighted by molar-refractivity contribution is -0.123. The number of anilines is 2. The quantitative estimate of drug-likeness (QED) is 0.330. The van der Waals surface area contributed by atoms with Gasteiger partial charge in [0.2, 0.25) is 11.8 Å². The molecule has 1 atom stereocenters. The average Bonchev–Trinajstić information content (AvgIpc) is 3.46. The molecule has 1 unspecified atom stereocenters. The van der Waals surface area contributed by atoms with Crippen LogP contribution in [0.4, 0.5) is 16.2 Å². The number of ether oxygens (including phenoxy) is 1. The summed E-state index contributed by atoms with van der Waals surface area (Å²) in [4.78, 5) is 50.4. The molecule has 0 fully saturated rings. The summed E-state index contributed by atoms with van der Waals surface area (Å²) in [5.41, 5.74) is 2.20. The first-order valence-electron chi connectivity index (χ1n) is 12.4. The Morgan fingerprint density at radius 1 is 1.18 bits per heavy atom. The number of nitrogens with zero attached hydrogens (tertiary/aromatic N) is 4. The van der Waals surface area contributed by atoms with Crippen LogP contribution in [0.25, 0.3) is 5.69 Å². The highest BCUT2D eigenvalue weighted by Crippen LogP contribution is 2.23. The Morgan fingerprint density at radius 2 is 2.02 bits per heavy atom. The highest BCUT2D eigenvalue weighted by molar-refractivity contribution is 6.30. The van der Waals surface area contributed by atoms with Gasteiger partial charge in [0.1, 0.15) is 12.4 Å². The number of carbonyl (C=O) groups is 4. The number of hydrogen-bond donors (Lipinski definition) is 4.